The second-order valence-electron chi connectivity index (χ2n) is 3.87. The van der Waals surface area contributed by atoms with Crippen LogP contribution in [0.25, 0.3) is 0 Å². The van der Waals surface area contributed by atoms with Crippen molar-refractivity contribution >= 4 is 10.0 Å². The molecule has 1 aromatic rings. The fourth-order valence-corrected chi connectivity index (χ4v) is 1.70. The highest BCUT2D eigenvalue weighted by atomic mass is 32.2. The minimum Gasteiger partial charge on any atom is -0.394 e. The van der Waals surface area contributed by atoms with Crippen molar-refractivity contribution in [1.29, 1.82) is 0 Å². The standard InChI is InChI=1S/C7H11NO5S/c1-7(2,3)4-5(14(8,10)11)13-6(9)12-4/h1-3H3,(H2,8,10,11). The molecule has 0 radical (unpaired) electrons. The van der Waals surface area contributed by atoms with Crippen LogP contribution in [0.3, 0.4) is 0 Å². The van der Waals surface area contributed by atoms with Gasteiger partial charge in [-0.2, -0.15) is 0 Å². The van der Waals surface area contributed by atoms with Gasteiger partial charge >= 0.3 is 5.82 Å². The molecule has 80 valence electrons. The second-order valence-corrected chi connectivity index (χ2v) is 5.33. The van der Waals surface area contributed by atoms with Gasteiger partial charge in [0.2, 0.25) is 0 Å². The van der Waals surface area contributed by atoms with Crippen LogP contribution in [-0.2, 0) is 15.4 Å². The number of primary sulfonamides is 1. The Morgan fingerprint density at radius 1 is 1.21 bits per heavy atom. The average molecular weight is 221 g/mol. The molecule has 0 aromatic carbocycles. The summed E-state index contributed by atoms with van der Waals surface area (Å²) in [6, 6.07) is 0. The topological polar surface area (TPSA) is 104 Å². The van der Waals surface area contributed by atoms with Gasteiger partial charge < -0.3 is 8.83 Å². The smallest absolute Gasteiger partial charge is 0.394 e. The van der Waals surface area contributed by atoms with E-state index >= 15 is 0 Å². The Kier molecular flexibility index (Phi) is 2.32. The van der Waals surface area contributed by atoms with Crippen molar-refractivity contribution < 1.29 is 17.3 Å². The number of hydrogen-bond acceptors (Lipinski definition) is 5. The molecule has 0 aliphatic heterocycles. The van der Waals surface area contributed by atoms with Crippen LogP contribution in [0.15, 0.2) is 18.7 Å². The molecular weight excluding hydrogens is 210 g/mol. The lowest BCUT2D eigenvalue weighted by molar-refractivity contribution is 0.338. The maximum absolute atomic E-state index is 11.0. The molecule has 7 heteroatoms. The molecule has 0 amide bonds. The summed E-state index contributed by atoms with van der Waals surface area (Å²) in [6.07, 6.45) is 0. The van der Waals surface area contributed by atoms with Crippen LogP contribution in [-0.4, -0.2) is 8.42 Å². The van der Waals surface area contributed by atoms with Gasteiger partial charge in [0.25, 0.3) is 15.1 Å². The molecule has 14 heavy (non-hydrogen) atoms. The largest absolute Gasteiger partial charge is 0.520 e. The van der Waals surface area contributed by atoms with Gasteiger partial charge in [0, 0.05) is 5.41 Å². The van der Waals surface area contributed by atoms with Crippen molar-refractivity contribution in [3.63, 3.8) is 0 Å². The van der Waals surface area contributed by atoms with E-state index < -0.39 is 26.4 Å². The Hall–Kier alpha value is -1.08. The van der Waals surface area contributed by atoms with E-state index in [1.807, 2.05) is 0 Å². The molecule has 6 nitrogen and oxygen atoms in total. The van der Waals surface area contributed by atoms with Crippen LogP contribution >= 0.6 is 0 Å². The van der Waals surface area contributed by atoms with Gasteiger partial charge in [-0.15, -0.1) is 0 Å². The predicted molar refractivity (Wildman–Crippen MR) is 47.3 cm³/mol. The Labute approximate surface area is 80.8 Å². The molecule has 2 N–H and O–H groups in total. The third-order valence-electron chi connectivity index (χ3n) is 1.49. The van der Waals surface area contributed by atoms with Gasteiger partial charge in [-0.3, -0.25) is 0 Å². The van der Waals surface area contributed by atoms with Gasteiger partial charge in [0.1, 0.15) is 0 Å². The first-order chi connectivity index (χ1) is 6.12. The van der Waals surface area contributed by atoms with E-state index in [2.05, 4.69) is 8.83 Å². The molecule has 1 aromatic heterocycles. The van der Waals surface area contributed by atoms with Crippen molar-refractivity contribution in [3.8, 4) is 0 Å². The summed E-state index contributed by atoms with van der Waals surface area (Å²) in [5.74, 6) is -1.14. The molecule has 1 heterocycles. The molecule has 0 saturated carbocycles. The SMILES string of the molecule is CC(C)(C)c1oc(=O)oc1S(N)(=O)=O. The van der Waals surface area contributed by atoms with Crippen molar-refractivity contribution in [2.75, 3.05) is 0 Å². The van der Waals surface area contributed by atoms with Gasteiger partial charge in [-0.1, -0.05) is 20.8 Å². The van der Waals surface area contributed by atoms with E-state index in [-0.39, 0.29) is 5.76 Å². The summed E-state index contributed by atoms with van der Waals surface area (Å²) in [7, 11) is -4.06. The van der Waals surface area contributed by atoms with Crippen molar-refractivity contribution in [2.45, 2.75) is 31.3 Å². The average Bonchev–Trinajstić information content (AvgIpc) is 2.27. The second kappa shape index (κ2) is 2.96. The van der Waals surface area contributed by atoms with Gasteiger partial charge in [0.15, 0.2) is 5.76 Å². The third-order valence-corrected chi connectivity index (χ3v) is 2.27. The van der Waals surface area contributed by atoms with E-state index in [1.165, 1.54) is 0 Å². The molecule has 0 spiro atoms. The fraction of sp³-hybridized carbons (Fsp3) is 0.571. The Morgan fingerprint density at radius 3 is 2.00 bits per heavy atom. The minimum absolute atomic E-state index is 0.0648. The normalized spacial score (nSPS) is 13.1. The van der Waals surface area contributed by atoms with Crippen LogP contribution < -0.4 is 11.0 Å². The lowest BCUT2D eigenvalue weighted by Crippen LogP contribution is -2.19. The van der Waals surface area contributed by atoms with E-state index in [1.54, 1.807) is 20.8 Å². The number of hydrogen-bond donors (Lipinski definition) is 1. The lowest BCUT2D eigenvalue weighted by Gasteiger charge is -2.13. The summed E-state index contributed by atoms with van der Waals surface area (Å²) < 4.78 is 31.0. The monoisotopic (exact) mass is 221 g/mol. The van der Waals surface area contributed by atoms with E-state index in [0.29, 0.717) is 0 Å². The molecule has 0 saturated heterocycles. The highest BCUT2D eigenvalue weighted by molar-refractivity contribution is 7.89. The molecule has 0 atom stereocenters. The first kappa shape index (κ1) is 11.0. The fourth-order valence-electron chi connectivity index (χ4n) is 0.914. The van der Waals surface area contributed by atoms with Crippen molar-refractivity contribution in [1.82, 2.24) is 0 Å². The maximum Gasteiger partial charge on any atom is 0.520 e. The summed E-state index contributed by atoms with van der Waals surface area (Å²) in [6.45, 7) is 5.03. The predicted octanol–water partition coefficient (Wildman–Crippen LogP) is 0.178. The zero-order valence-electron chi connectivity index (χ0n) is 8.03. The lowest BCUT2D eigenvalue weighted by atomic mass is 9.94. The molecule has 0 aliphatic carbocycles. The number of rotatable bonds is 1. The number of sulfonamides is 1. The highest BCUT2D eigenvalue weighted by Crippen LogP contribution is 2.27. The molecule has 0 bridgehead atoms. The van der Waals surface area contributed by atoms with Gasteiger partial charge in [-0.05, 0) is 0 Å². The Balaban J connectivity index is 3.54. The van der Waals surface area contributed by atoms with Crippen molar-refractivity contribution in [3.05, 3.63) is 16.4 Å². The third kappa shape index (κ3) is 2.05. The van der Waals surface area contributed by atoms with Crippen LogP contribution in [0.4, 0.5) is 0 Å². The summed E-state index contributed by atoms with van der Waals surface area (Å²) in [5.41, 5.74) is -0.659. The first-order valence-electron chi connectivity index (χ1n) is 3.79. The molecule has 0 aliphatic rings. The zero-order valence-corrected chi connectivity index (χ0v) is 8.84. The zero-order chi connectivity index (χ0) is 11.1. The molecule has 1 rings (SSSR count). The summed E-state index contributed by atoms with van der Waals surface area (Å²) >= 11 is 0. The van der Waals surface area contributed by atoms with Crippen molar-refractivity contribution in [2.24, 2.45) is 5.14 Å². The van der Waals surface area contributed by atoms with Crippen LogP contribution in [0, 0.1) is 0 Å². The highest BCUT2D eigenvalue weighted by Gasteiger charge is 2.31. The van der Waals surface area contributed by atoms with E-state index in [9.17, 15) is 13.2 Å². The quantitative estimate of drug-likeness (QED) is 0.728. The van der Waals surface area contributed by atoms with E-state index in [4.69, 9.17) is 5.14 Å². The van der Waals surface area contributed by atoms with Crippen LogP contribution in [0.5, 0.6) is 0 Å². The summed E-state index contributed by atoms with van der Waals surface area (Å²) in [4.78, 5) is 10.8. The van der Waals surface area contributed by atoms with Gasteiger partial charge in [0.05, 0.1) is 0 Å². The number of nitrogens with two attached hydrogens (primary N) is 1. The van der Waals surface area contributed by atoms with Crippen LogP contribution in [0.1, 0.15) is 26.5 Å². The summed E-state index contributed by atoms with van der Waals surface area (Å²) in [5, 5.41) is 4.25. The molecule has 0 unspecified atom stereocenters. The minimum atomic E-state index is -4.06. The van der Waals surface area contributed by atoms with Crippen LogP contribution in [0.2, 0.25) is 0 Å². The maximum atomic E-state index is 11.0. The molecular formula is C7H11NO5S. The van der Waals surface area contributed by atoms with Gasteiger partial charge in [-0.25, -0.2) is 18.4 Å². The first-order valence-corrected chi connectivity index (χ1v) is 5.34. The molecule has 0 fully saturated rings. The Bertz CT molecular complexity index is 487. The Morgan fingerprint density at radius 2 is 1.71 bits per heavy atom. The van der Waals surface area contributed by atoms with E-state index in [0.717, 1.165) is 0 Å².